The number of rotatable bonds is 8. The molecule has 0 bridgehead atoms. The molecule has 2 aliphatic rings. The second-order valence-electron chi connectivity index (χ2n) is 10.2. The molecule has 2 saturated heterocycles. The van der Waals surface area contributed by atoms with E-state index in [2.05, 4.69) is 0 Å². The van der Waals surface area contributed by atoms with E-state index in [9.17, 15) is 28.2 Å². The van der Waals surface area contributed by atoms with Gasteiger partial charge in [0.2, 0.25) is 11.7 Å². The number of methoxy groups -OCH3 is 1. The van der Waals surface area contributed by atoms with Crippen LogP contribution in [0.5, 0.6) is 5.75 Å². The molecule has 38 heavy (non-hydrogen) atoms. The third-order valence-electron chi connectivity index (χ3n) is 7.13. The monoisotopic (exact) mass is 537 g/mol. The molecule has 0 spiro atoms. The number of nitrogens with zero attached hydrogens (tertiary/aromatic N) is 3. The molecule has 2 aliphatic heterocycles. The molecule has 11 heteroatoms. The van der Waals surface area contributed by atoms with Crippen LogP contribution in [0.1, 0.15) is 12.8 Å². The van der Waals surface area contributed by atoms with Crippen LogP contribution < -0.4 is 9.64 Å². The van der Waals surface area contributed by atoms with Crippen molar-refractivity contribution in [3.05, 3.63) is 59.9 Å². The maximum atomic E-state index is 14.2. The van der Waals surface area contributed by atoms with Gasteiger partial charge in [-0.25, -0.2) is 8.78 Å². The largest absolute Gasteiger partial charge is 0.487 e. The molecule has 0 aromatic heterocycles. The van der Waals surface area contributed by atoms with Gasteiger partial charge in [0.1, 0.15) is 24.6 Å². The molecule has 208 valence electrons. The Kier molecular flexibility index (Phi) is 8.81. The predicted molar refractivity (Wildman–Crippen MR) is 134 cm³/mol. The number of anilines is 1. The minimum atomic E-state index is -1.64. The fourth-order valence-electron chi connectivity index (χ4n) is 5.15. The van der Waals surface area contributed by atoms with Gasteiger partial charge in [0.15, 0.2) is 11.6 Å². The van der Waals surface area contributed by atoms with Gasteiger partial charge in [-0.05, 0) is 37.1 Å². The van der Waals surface area contributed by atoms with Crippen LogP contribution in [0.15, 0.2) is 42.5 Å². The van der Waals surface area contributed by atoms with Crippen molar-refractivity contribution in [3.63, 3.8) is 0 Å². The minimum absolute atomic E-state index is 0.0278. The predicted octanol–water partition coefficient (Wildman–Crippen LogP) is 2.04. The van der Waals surface area contributed by atoms with Crippen molar-refractivity contribution < 1.29 is 37.7 Å². The number of para-hydroxylation sites is 1. The van der Waals surface area contributed by atoms with Crippen molar-refractivity contribution in [2.45, 2.75) is 24.0 Å². The zero-order valence-corrected chi connectivity index (χ0v) is 21.4. The standard InChI is InChI=1S/C27H34F3N3O5/c1-37-15-24(34)33-14-13-31(17-27(36,18-33)19-38-23-8-4-6-21(29)25(23)30)16-26(35)9-11-32(12-10-26)22-7-3-2-5-20(22)28/h2-8,35-36H,9-19H2,1H3/t27-/m1/s1. The van der Waals surface area contributed by atoms with Crippen molar-refractivity contribution in [1.82, 2.24) is 9.80 Å². The normalized spacial score (nSPS) is 22.3. The number of benzene rings is 2. The second-order valence-corrected chi connectivity index (χ2v) is 10.2. The van der Waals surface area contributed by atoms with Gasteiger partial charge in [0.25, 0.3) is 0 Å². The Labute approximate surface area is 220 Å². The van der Waals surface area contributed by atoms with E-state index in [1.807, 2.05) is 9.80 Å². The van der Waals surface area contributed by atoms with Crippen molar-refractivity contribution in [2.24, 2.45) is 0 Å². The van der Waals surface area contributed by atoms with Crippen LogP contribution in [0.3, 0.4) is 0 Å². The number of aliphatic hydroxyl groups is 2. The Morgan fingerprint density at radius 3 is 2.34 bits per heavy atom. The summed E-state index contributed by atoms with van der Waals surface area (Å²) in [5.74, 6) is -3.22. The van der Waals surface area contributed by atoms with Crippen LogP contribution in [-0.4, -0.2) is 103 Å². The van der Waals surface area contributed by atoms with Crippen LogP contribution in [0.25, 0.3) is 0 Å². The summed E-state index contributed by atoms with van der Waals surface area (Å²) in [6.45, 7) is 1.10. The number of β-amino-alcohol motifs (C(OH)–C–C–N with tert-alkyl or cyclic N) is 2. The maximum Gasteiger partial charge on any atom is 0.248 e. The molecular weight excluding hydrogens is 503 g/mol. The number of piperidine rings is 1. The van der Waals surface area contributed by atoms with Crippen LogP contribution in [0.2, 0.25) is 0 Å². The number of hydrogen-bond donors (Lipinski definition) is 2. The molecule has 0 aliphatic carbocycles. The van der Waals surface area contributed by atoms with Crippen molar-refractivity contribution >= 4 is 11.6 Å². The molecule has 8 nitrogen and oxygen atoms in total. The van der Waals surface area contributed by atoms with E-state index in [1.165, 1.54) is 30.2 Å². The molecular formula is C27H34F3N3O5. The molecule has 2 fully saturated rings. The SMILES string of the molecule is COCC(=O)N1CCN(CC2(O)CCN(c3ccccc3F)CC2)C[C@](O)(COc2cccc(F)c2F)C1. The molecule has 2 N–H and O–H groups in total. The van der Waals surface area contributed by atoms with E-state index in [0.29, 0.717) is 38.2 Å². The molecule has 2 aromatic carbocycles. The average molecular weight is 538 g/mol. The fraction of sp³-hybridized carbons (Fsp3) is 0.519. The van der Waals surface area contributed by atoms with Crippen molar-refractivity contribution in [2.75, 3.05) is 71.0 Å². The smallest absolute Gasteiger partial charge is 0.248 e. The lowest BCUT2D eigenvalue weighted by Gasteiger charge is -2.42. The van der Waals surface area contributed by atoms with E-state index in [0.717, 1.165) is 6.07 Å². The van der Waals surface area contributed by atoms with Crippen LogP contribution >= 0.6 is 0 Å². The summed E-state index contributed by atoms with van der Waals surface area (Å²) >= 11 is 0. The summed E-state index contributed by atoms with van der Waals surface area (Å²) < 4.78 is 52.5. The Morgan fingerprint density at radius 1 is 0.921 bits per heavy atom. The minimum Gasteiger partial charge on any atom is -0.487 e. The van der Waals surface area contributed by atoms with Gasteiger partial charge in [-0.2, -0.15) is 4.39 Å². The summed E-state index contributed by atoms with van der Waals surface area (Å²) in [5.41, 5.74) is -2.24. The Morgan fingerprint density at radius 2 is 1.63 bits per heavy atom. The lowest BCUT2D eigenvalue weighted by molar-refractivity contribution is -0.138. The van der Waals surface area contributed by atoms with Crippen LogP contribution in [-0.2, 0) is 9.53 Å². The van der Waals surface area contributed by atoms with E-state index in [-0.39, 0.29) is 50.3 Å². The maximum absolute atomic E-state index is 14.2. The van der Waals surface area contributed by atoms with Crippen molar-refractivity contribution in [1.29, 1.82) is 0 Å². The Balaban J connectivity index is 1.45. The van der Waals surface area contributed by atoms with E-state index in [4.69, 9.17) is 9.47 Å². The number of hydrogen-bond acceptors (Lipinski definition) is 7. The summed E-state index contributed by atoms with van der Waals surface area (Å²) in [5, 5.41) is 22.9. The number of ether oxygens (including phenoxy) is 2. The zero-order chi connectivity index (χ0) is 27.3. The summed E-state index contributed by atoms with van der Waals surface area (Å²) in [7, 11) is 1.40. The van der Waals surface area contributed by atoms with Gasteiger partial charge in [0.05, 0.1) is 17.8 Å². The molecule has 2 aromatic rings. The first-order valence-electron chi connectivity index (χ1n) is 12.6. The van der Waals surface area contributed by atoms with E-state index in [1.54, 1.807) is 18.2 Å². The Hall–Kier alpha value is -2.86. The molecule has 0 unspecified atom stereocenters. The number of amides is 1. The van der Waals surface area contributed by atoms with Gasteiger partial charge in [-0.15, -0.1) is 0 Å². The Bertz CT molecular complexity index is 1120. The molecule has 4 rings (SSSR count). The quantitative estimate of drug-likeness (QED) is 0.533. The van der Waals surface area contributed by atoms with Gasteiger partial charge >= 0.3 is 0 Å². The van der Waals surface area contributed by atoms with Gasteiger partial charge in [-0.1, -0.05) is 18.2 Å². The fourth-order valence-corrected chi connectivity index (χ4v) is 5.15. The highest BCUT2D eigenvalue weighted by Gasteiger charge is 2.41. The molecule has 2 heterocycles. The third kappa shape index (κ3) is 6.76. The summed E-state index contributed by atoms with van der Waals surface area (Å²) in [4.78, 5) is 17.8. The first-order valence-corrected chi connectivity index (χ1v) is 12.6. The highest BCUT2D eigenvalue weighted by Crippen LogP contribution is 2.30. The summed E-state index contributed by atoms with van der Waals surface area (Å²) in [6, 6.07) is 10.0. The zero-order valence-electron chi connectivity index (χ0n) is 21.4. The van der Waals surface area contributed by atoms with Crippen LogP contribution in [0, 0.1) is 17.5 Å². The summed E-state index contributed by atoms with van der Waals surface area (Å²) in [6.07, 6.45) is 0.765. The topological polar surface area (TPSA) is 85.7 Å². The number of halogens is 3. The van der Waals surface area contributed by atoms with Gasteiger partial charge < -0.3 is 29.5 Å². The van der Waals surface area contributed by atoms with Gasteiger partial charge in [0, 0.05) is 46.4 Å². The number of carbonyl (C=O) groups excluding carboxylic acids is 1. The lowest BCUT2D eigenvalue weighted by atomic mass is 9.90. The third-order valence-corrected chi connectivity index (χ3v) is 7.13. The first kappa shape index (κ1) is 28.2. The van der Waals surface area contributed by atoms with Gasteiger partial charge in [-0.3, -0.25) is 9.69 Å². The average Bonchev–Trinajstić information content (AvgIpc) is 3.04. The molecule has 1 amide bonds. The molecule has 1 atom stereocenters. The molecule has 0 radical (unpaired) electrons. The van der Waals surface area contributed by atoms with E-state index < -0.39 is 29.4 Å². The number of carbonyl (C=O) groups is 1. The van der Waals surface area contributed by atoms with Crippen molar-refractivity contribution in [3.8, 4) is 5.75 Å². The lowest BCUT2D eigenvalue weighted by Crippen LogP contribution is -2.56. The first-order chi connectivity index (χ1) is 18.1. The highest BCUT2D eigenvalue weighted by atomic mass is 19.2. The second kappa shape index (κ2) is 11.9. The molecule has 0 saturated carbocycles. The highest BCUT2D eigenvalue weighted by molar-refractivity contribution is 5.77. The van der Waals surface area contributed by atoms with E-state index >= 15 is 0 Å². The van der Waals surface area contributed by atoms with Crippen LogP contribution in [0.4, 0.5) is 18.9 Å².